The zero-order chi connectivity index (χ0) is 19.5. The summed E-state index contributed by atoms with van der Waals surface area (Å²) in [6.45, 7) is 8.32. The molecule has 3 heterocycles. The molecule has 1 aliphatic rings. The lowest BCUT2D eigenvalue weighted by atomic mass is 9.78. The van der Waals surface area contributed by atoms with Crippen LogP contribution in [0.3, 0.4) is 0 Å². The molecule has 4 nitrogen and oxygen atoms in total. The van der Waals surface area contributed by atoms with Crippen molar-refractivity contribution >= 4 is 34.4 Å². The first-order valence-corrected chi connectivity index (χ1v) is 9.66. The molecule has 1 aliphatic heterocycles. The maximum Gasteiger partial charge on any atom is 0.494 e. The molecule has 0 atom stereocenters. The van der Waals surface area contributed by atoms with Gasteiger partial charge in [0.2, 0.25) is 0 Å². The van der Waals surface area contributed by atoms with Crippen LogP contribution in [0.2, 0.25) is 0 Å². The topological polar surface area (TPSA) is 36.3 Å². The van der Waals surface area contributed by atoms with Gasteiger partial charge in [0.05, 0.1) is 22.2 Å². The van der Waals surface area contributed by atoms with Crippen molar-refractivity contribution < 1.29 is 9.31 Å². The highest BCUT2D eigenvalue weighted by Gasteiger charge is 2.51. The Hall–Kier alpha value is -2.63. The zero-order valence-electron chi connectivity index (χ0n) is 16.6. The Labute approximate surface area is 165 Å². The molecule has 140 valence electrons. The standard InChI is InChI=1S/C23H23BN2O2/c1-22(2)23(3,4)28-24(27-22)16-10-11-20-18(14-16)19-15-25-13-12-21(19)26(20)17-8-6-5-7-9-17/h5-15H,1-4H3. The largest absolute Gasteiger partial charge is 0.494 e. The minimum atomic E-state index is -0.374. The molecule has 4 aromatic rings. The molecular weight excluding hydrogens is 347 g/mol. The van der Waals surface area contributed by atoms with Crippen LogP contribution in [-0.2, 0) is 9.31 Å². The average molecular weight is 370 g/mol. The Morgan fingerprint density at radius 3 is 2.21 bits per heavy atom. The summed E-state index contributed by atoms with van der Waals surface area (Å²) in [5.41, 5.74) is 3.74. The summed E-state index contributed by atoms with van der Waals surface area (Å²) in [6, 6.07) is 18.9. The highest BCUT2D eigenvalue weighted by molar-refractivity contribution is 6.62. The van der Waals surface area contributed by atoms with E-state index in [4.69, 9.17) is 9.31 Å². The number of hydrogen-bond acceptors (Lipinski definition) is 3. The fraction of sp³-hybridized carbons (Fsp3) is 0.261. The minimum absolute atomic E-state index is 0.355. The van der Waals surface area contributed by atoms with Gasteiger partial charge in [-0.1, -0.05) is 30.3 Å². The molecule has 2 aromatic heterocycles. The molecule has 0 bridgehead atoms. The quantitative estimate of drug-likeness (QED) is 0.488. The summed E-state index contributed by atoms with van der Waals surface area (Å²) >= 11 is 0. The maximum absolute atomic E-state index is 6.26. The van der Waals surface area contributed by atoms with Gasteiger partial charge in [-0.05, 0) is 57.4 Å². The fourth-order valence-electron chi connectivity index (χ4n) is 3.86. The van der Waals surface area contributed by atoms with E-state index in [1.807, 2.05) is 18.5 Å². The van der Waals surface area contributed by atoms with Gasteiger partial charge in [0.1, 0.15) is 0 Å². The number of nitrogens with zero attached hydrogens (tertiary/aromatic N) is 2. The molecule has 0 saturated carbocycles. The summed E-state index contributed by atoms with van der Waals surface area (Å²) in [4.78, 5) is 4.37. The van der Waals surface area contributed by atoms with Crippen molar-refractivity contribution in [2.45, 2.75) is 38.9 Å². The summed E-state index contributed by atoms with van der Waals surface area (Å²) in [5, 5.41) is 2.28. The van der Waals surface area contributed by atoms with Crippen molar-refractivity contribution in [3.05, 3.63) is 67.0 Å². The van der Waals surface area contributed by atoms with E-state index in [1.165, 1.54) is 0 Å². The first-order chi connectivity index (χ1) is 13.4. The van der Waals surface area contributed by atoms with Crippen LogP contribution in [0, 0.1) is 0 Å². The number of rotatable bonds is 2. The van der Waals surface area contributed by atoms with Gasteiger partial charge in [0.25, 0.3) is 0 Å². The Balaban J connectivity index is 1.71. The van der Waals surface area contributed by atoms with Crippen molar-refractivity contribution in [2.24, 2.45) is 0 Å². The molecule has 0 amide bonds. The van der Waals surface area contributed by atoms with E-state index in [2.05, 4.69) is 85.8 Å². The second-order valence-corrected chi connectivity index (χ2v) is 8.43. The lowest BCUT2D eigenvalue weighted by Gasteiger charge is -2.32. The Kier molecular flexibility index (Phi) is 3.70. The predicted molar refractivity (Wildman–Crippen MR) is 114 cm³/mol. The van der Waals surface area contributed by atoms with E-state index in [-0.39, 0.29) is 18.3 Å². The van der Waals surface area contributed by atoms with Crippen LogP contribution in [0.25, 0.3) is 27.5 Å². The van der Waals surface area contributed by atoms with Crippen molar-refractivity contribution in [3.63, 3.8) is 0 Å². The number of hydrogen-bond donors (Lipinski definition) is 0. The van der Waals surface area contributed by atoms with Gasteiger partial charge >= 0.3 is 7.12 Å². The van der Waals surface area contributed by atoms with Crippen LogP contribution < -0.4 is 5.46 Å². The van der Waals surface area contributed by atoms with Crippen molar-refractivity contribution in [2.75, 3.05) is 0 Å². The maximum atomic E-state index is 6.26. The Morgan fingerprint density at radius 1 is 0.821 bits per heavy atom. The zero-order valence-corrected chi connectivity index (χ0v) is 16.6. The molecule has 0 aliphatic carbocycles. The van der Waals surface area contributed by atoms with Crippen molar-refractivity contribution in [1.82, 2.24) is 9.55 Å². The predicted octanol–water partition coefficient (Wildman–Crippen LogP) is 4.48. The monoisotopic (exact) mass is 370 g/mol. The van der Waals surface area contributed by atoms with Crippen LogP contribution in [0.15, 0.2) is 67.0 Å². The SMILES string of the molecule is CC1(C)OB(c2ccc3c(c2)c2cnccc2n3-c2ccccc2)OC1(C)C. The van der Waals surface area contributed by atoms with Gasteiger partial charge in [-0.2, -0.15) is 0 Å². The number of para-hydroxylation sites is 1. The highest BCUT2D eigenvalue weighted by atomic mass is 16.7. The minimum Gasteiger partial charge on any atom is -0.399 e. The van der Waals surface area contributed by atoms with Gasteiger partial charge in [0.15, 0.2) is 0 Å². The van der Waals surface area contributed by atoms with E-state index in [0.717, 1.165) is 33.0 Å². The number of fused-ring (bicyclic) bond motifs is 3. The second kappa shape index (κ2) is 5.93. The Morgan fingerprint density at radius 2 is 1.50 bits per heavy atom. The molecule has 0 spiro atoms. The lowest BCUT2D eigenvalue weighted by Crippen LogP contribution is -2.41. The summed E-state index contributed by atoms with van der Waals surface area (Å²) < 4.78 is 14.8. The van der Waals surface area contributed by atoms with Crippen LogP contribution >= 0.6 is 0 Å². The molecule has 0 radical (unpaired) electrons. The highest BCUT2D eigenvalue weighted by Crippen LogP contribution is 2.37. The number of pyridine rings is 1. The first-order valence-electron chi connectivity index (χ1n) is 9.66. The molecule has 5 rings (SSSR count). The summed E-state index contributed by atoms with van der Waals surface area (Å²) in [7, 11) is -0.374. The average Bonchev–Trinajstić information content (AvgIpc) is 3.12. The van der Waals surface area contributed by atoms with Crippen LogP contribution in [0.4, 0.5) is 0 Å². The van der Waals surface area contributed by atoms with E-state index in [9.17, 15) is 0 Å². The van der Waals surface area contributed by atoms with E-state index in [1.54, 1.807) is 0 Å². The third kappa shape index (κ3) is 2.50. The van der Waals surface area contributed by atoms with Crippen LogP contribution in [-0.4, -0.2) is 27.9 Å². The van der Waals surface area contributed by atoms with Crippen LogP contribution in [0.1, 0.15) is 27.7 Å². The van der Waals surface area contributed by atoms with Gasteiger partial charge in [-0.3, -0.25) is 4.98 Å². The van der Waals surface area contributed by atoms with Crippen LogP contribution in [0.5, 0.6) is 0 Å². The van der Waals surface area contributed by atoms with Gasteiger partial charge in [0, 0.05) is 28.9 Å². The van der Waals surface area contributed by atoms with E-state index >= 15 is 0 Å². The smallest absolute Gasteiger partial charge is 0.399 e. The lowest BCUT2D eigenvalue weighted by molar-refractivity contribution is 0.00578. The molecular formula is C23H23BN2O2. The molecule has 2 aromatic carbocycles. The van der Waals surface area contributed by atoms with Gasteiger partial charge in [-0.15, -0.1) is 0 Å². The molecule has 1 fully saturated rings. The molecule has 1 saturated heterocycles. The molecule has 0 unspecified atom stereocenters. The molecule has 5 heteroatoms. The fourth-order valence-corrected chi connectivity index (χ4v) is 3.86. The number of aromatic nitrogens is 2. The molecule has 28 heavy (non-hydrogen) atoms. The summed E-state index contributed by atoms with van der Waals surface area (Å²) in [5.74, 6) is 0. The van der Waals surface area contributed by atoms with Crippen molar-refractivity contribution in [3.8, 4) is 5.69 Å². The van der Waals surface area contributed by atoms with E-state index < -0.39 is 0 Å². The summed E-state index contributed by atoms with van der Waals surface area (Å²) in [6.07, 6.45) is 3.78. The number of benzene rings is 2. The first kappa shape index (κ1) is 17.5. The Bertz CT molecular complexity index is 1170. The van der Waals surface area contributed by atoms with Crippen molar-refractivity contribution in [1.29, 1.82) is 0 Å². The van der Waals surface area contributed by atoms with Gasteiger partial charge in [-0.25, -0.2) is 0 Å². The van der Waals surface area contributed by atoms with Gasteiger partial charge < -0.3 is 13.9 Å². The normalized spacial score (nSPS) is 18.2. The third-order valence-electron chi connectivity index (χ3n) is 6.13. The van der Waals surface area contributed by atoms with E-state index in [0.29, 0.717) is 0 Å². The third-order valence-corrected chi connectivity index (χ3v) is 6.13. The molecule has 0 N–H and O–H groups in total. The second-order valence-electron chi connectivity index (χ2n) is 8.43.